The van der Waals surface area contributed by atoms with Gasteiger partial charge in [-0.1, -0.05) is 6.58 Å². The number of nitrogens with zero attached hydrogens (tertiary/aromatic N) is 1. The topological polar surface area (TPSA) is 70.3 Å². The van der Waals surface area contributed by atoms with Crippen molar-refractivity contribution in [2.45, 2.75) is 25.7 Å². The van der Waals surface area contributed by atoms with Crippen molar-refractivity contribution in [3.05, 3.63) is 12.2 Å². The number of aliphatic carboxylic acids is 1. The van der Waals surface area contributed by atoms with Crippen LogP contribution in [0.5, 0.6) is 0 Å². The van der Waals surface area contributed by atoms with Crippen LogP contribution in [-0.4, -0.2) is 17.7 Å². The van der Waals surface area contributed by atoms with E-state index in [0.717, 1.165) is 19.3 Å². The van der Waals surface area contributed by atoms with Gasteiger partial charge in [0, 0.05) is 5.57 Å². The Balaban J connectivity index is 3.22. The highest BCUT2D eigenvalue weighted by Crippen LogP contribution is 2.06. The first-order chi connectivity index (χ1) is 6.18. The zero-order chi connectivity index (χ0) is 10.1. The minimum Gasteiger partial charge on any atom is -0.478 e. The molecule has 0 aromatic heterocycles. The number of rotatable bonds is 7. The lowest BCUT2D eigenvalue weighted by Gasteiger charge is -1.99. The Bertz CT molecular complexity index is 217. The Morgan fingerprint density at radius 2 is 2.15 bits per heavy atom. The zero-order valence-corrected chi connectivity index (χ0v) is 7.45. The van der Waals surface area contributed by atoms with Gasteiger partial charge in [-0.25, -0.2) is 4.79 Å². The highest BCUT2D eigenvalue weighted by atomic mass is 16.5. The third-order valence-electron chi connectivity index (χ3n) is 1.59. The molecule has 0 bridgehead atoms. The predicted octanol–water partition coefficient (Wildman–Crippen LogP) is 1.69. The minimum atomic E-state index is -0.937. The number of hydrogen-bond acceptors (Lipinski definition) is 3. The Hall–Kier alpha value is -1.50. The van der Waals surface area contributed by atoms with Crippen molar-refractivity contribution in [2.24, 2.45) is 0 Å². The molecule has 0 aromatic rings. The van der Waals surface area contributed by atoms with Crippen molar-refractivity contribution in [3.8, 4) is 6.26 Å². The number of carbonyl (C=O) groups is 1. The van der Waals surface area contributed by atoms with Crippen LogP contribution >= 0.6 is 0 Å². The van der Waals surface area contributed by atoms with Gasteiger partial charge < -0.3 is 9.84 Å². The van der Waals surface area contributed by atoms with E-state index in [-0.39, 0.29) is 5.57 Å². The summed E-state index contributed by atoms with van der Waals surface area (Å²) in [7, 11) is 0. The molecule has 0 rings (SSSR count). The van der Waals surface area contributed by atoms with Crippen LogP contribution in [0.25, 0.3) is 0 Å². The third-order valence-corrected chi connectivity index (χ3v) is 1.59. The van der Waals surface area contributed by atoms with Crippen LogP contribution in [-0.2, 0) is 9.53 Å². The standard InChI is InChI=1S/C9H13NO3/c1-8(9(11)12)5-3-2-4-6-13-7-10/h1-6H2,(H,11,12). The molecular formula is C9H13NO3. The molecule has 0 fully saturated rings. The quantitative estimate of drug-likeness (QED) is 0.370. The SMILES string of the molecule is C=C(CCCCCOC#N)C(=O)O. The van der Waals surface area contributed by atoms with Gasteiger partial charge in [0.25, 0.3) is 6.26 Å². The average molecular weight is 183 g/mol. The van der Waals surface area contributed by atoms with Gasteiger partial charge in [0.1, 0.15) is 6.61 Å². The number of unbranched alkanes of at least 4 members (excludes halogenated alkanes) is 2. The molecule has 0 aromatic carbocycles. The number of hydrogen-bond donors (Lipinski definition) is 1. The van der Waals surface area contributed by atoms with Crippen LogP contribution in [0.15, 0.2) is 12.2 Å². The smallest absolute Gasteiger partial charge is 0.330 e. The summed E-state index contributed by atoms with van der Waals surface area (Å²) >= 11 is 0. The van der Waals surface area contributed by atoms with Gasteiger partial charge >= 0.3 is 5.97 Å². The van der Waals surface area contributed by atoms with Gasteiger partial charge in [0.05, 0.1) is 0 Å². The fraction of sp³-hybridized carbons (Fsp3) is 0.556. The van der Waals surface area contributed by atoms with E-state index in [2.05, 4.69) is 11.3 Å². The Labute approximate surface area is 77.4 Å². The van der Waals surface area contributed by atoms with Crippen LogP contribution in [0.1, 0.15) is 25.7 Å². The van der Waals surface area contributed by atoms with E-state index in [0.29, 0.717) is 13.0 Å². The molecule has 0 radical (unpaired) electrons. The molecule has 0 aliphatic carbocycles. The van der Waals surface area contributed by atoms with Gasteiger partial charge in [-0.05, 0) is 25.7 Å². The van der Waals surface area contributed by atoms with Gasteiger partial charge in [0.15, 0.2) is 0 Å². The molecule has 0 saturated carbocycles. The van der Waals surface area contributed by atoms with E-state index in [1.807, 2.05) is 0 Å². The Kier molecular flexibility index (Phi) is 6.34. The fourth-order valence-corrected chi connectivity index (χ4v) is 0.842. The molecular weight excluding hydrogens is 170 g/mol. The third kappa shape index (κ3) is 6.88. The van der Waals surface area contributed by atoms with E-state index in [1.165, 1.54) is 0 Å². The van der Waals surface area contributed by atoms with Crippen LogP contribution in [0.4, 0.5) is 0 Å². The molecule has 0 heterocycles. The lowest BCUT2D eigenvalue weighted by Crippen LogP contribution is -1.98. The molecule has 0 aliphatic heterocycles. The van der Waals surface area contributed by atoms with Gasteiger partial charge in [-0.15, -0.1) is 0 Å². The largest absolute Gasteiger partial charge is 0.478 e. The summed E-state index contributed by atoms with van der Waals surface area (Å²) in [6, 6.07) is 0. The molecule has 72 valence electrons. The maximum atomic E-state index is 10.3. The van der Waals surface area contributed by atoms with Crippen molar-refractivity contribution in [1.82, 2.24) is 0 Å². The molecule has 1 N–H and O–H groups in total. The second-order valence-corrected chi connectivity index (χ2v) is 2.66. The molecule has 4 nitrogen and oxygen atoms in total. The Morgan fingerprint density at radius 3 is 2.69 bits per heavy atom. The lowest BCUT2D eigenvalue weighted by molar-refractivity contribution is -0.132. The summed E-state index contributed by atoms with van der Waals surface area (Å²) in [5, 5.41) is 16.5. The van der Waals surface area contributed by atoms with Crippen molar-refractivity contribution >= 4 is 5.97 Å². The van der Waals surface area contributed by atoms with Crippen molar-refractivity contribution in [3.63, 3.8) is 0 Å². The molecule has 4 heteroatoms. The summed E-state index contributed by atoms with van der Waals surface area (Å²) in [5.74, 6) is -0.937. The number of ether oxygens (including phenoxy) is 1. The summed E-state index contributed by atoms with van der Waals surface area (Å²) in [4.78, 5) is 10.3. The molecule has 0 spiro atoms. The number of nitriles is 1. The van der Waals surface area contributed by atoms with Gasteiger partial charge in [-0.2, -0.15) is 5.26 Å². The van der Waals surface area contributed by atoms with Crippen molar-refractivity contribution in [2.75, 3.05) is 6.61 Å². The van der Waals surface area contributed by atoms with E-state index in [4.69, 9.17) is 10.4 Å². The van der Waals surface area contributed by atoms with Crippen molar-refractivity contribution in [1.29, 1.82) is 5.26 Å². The molecule has 13 heavy (non-hydrogen) atoms. The predicted molar refractivity (Wildman–Crippen MR) is 46.8 cm³/mol. The zero-order valence-electron chi connectivity index (χ0n) is 7.45. The first-order valence-electron chi connectivity index (χ1n) is 4.10. The number of carboxylic acid groups (broad SMARTS) is 1. The molecule has 0 atom stereocenters. The maximum absolute atomic E-state index is 10.3. The molecule has 0 unspecified atom stereocenters. The fourth-order valence-electron chi connectivity index (χ4n) is 0.842. The number of carboxylic acids is 1. The van der Waals surface area contributed by atoms with Crippen molar-refractivity contribution < 1.29 is 14.6 Å². The average Bonchev–Trinajstić information content (AvgIpc) is 2.10. The second kappa shape index (κ2) is 7.17. The summed E-state index contributed by atoms with van der Waals surface area (Å²) < 4.78 is 4.45. The minimum absolute atomic E-state index is 0.237. The summed E-state index contributed by atoms with van der Waals surface area (Å²) in [6.07, 6.45) is 4.49. The Morgan fingerprint density at radius 1 is 1.46 bits per heavy atom. The van der Waals surface area contributed by atoms with E-state index in [9.17, 15) is 4.79 Å². The summed E-state index contributed by atoms with van der Waals surface area (Å²) in [5.41, 5.74) is 0.237. The molecule has 0 amide bonds. The molecule has 0 aliphatic rings. The second-order valence-electron chi connectivity index (χ2n) is 2.66. The lowest BCUT2D eigenvalue weighted by atomic mass is 10.1. The van der Waals surface area contributed by atoms with Crippen LogP contribution in [0.2, 0.25) is 0 Å². The maximum Gasteiger partial charge on any atom is 0.330 e. The summed E-state index contributed by atoms with van der Waals surface area (Å²) in [6.45, 7) is 3.82. The monoisotopic (exact) mass is 183 g/mol. The van der Waals surface area contributed by atoms with Gasteiger partial charge in [0.2, 0.25) is 0 Å². The van der Waals surface area contributed by atoms with Gasteiger partial charge in [-0.3, -0.25) is 0 Å². The van der Waals surface area contributed by atoms with Crippen LogP contribution in [0, 0.1) is 11.5 Å². The highest BCUT2D eigenvalue weighted by Gasteiger charge is 2.02. The van der Waals surface area contributed by atoms with E-state index < -0.39 is 5.97 Å². The highest BCUT2D eigenvalue weighted by molar-refractivity contribution is 5.85. The van der Waals surface area contributed by atoms with E-state index in [1.54, 1.807) is 6.26 Å². The first kappa shape index (κ1) is 11.5. The first-order valence-corrected chi connectivity index (χ1v) is 4.10. The van der Waals surface area contributed by atoms with E-state index >= 15 is 0 Å². The van der Waals surface area contributed by atoms with Crippen LogP contribution in [0.3, 0.4) is 0 Å². The van der Waals surface area contributed by atoms with Crippen LogP contribution < -0.4 is 0 Å². The normalized spacial score (nSPS) is 8.85. The molecule has 0 saturated heterocycles.